The van der Waals surface area contributed by atoms with Crippen LogP contribution in [0.4, 0.5) is 0 Å². The Balaban J connectivity index is 1.15. The van der Waals surface area contributed by atoms with E-state index in [4.69, 9.17) is 4.74 Å². The molecule has 3 aliphatic carbocycles. The second kappa shape index (κ2) is 13.9. The molecule has 0 aliphatic heterocycles. The summed E-state index contributed by atoms with van der Waals surface area (Å²) >= 11 is 0. The molecule has 1 nitrogen and oxygen atoms in total. The van der Waals surface area contributed by atoms with E-state index in [1.807, 2.05) is 0 Å². The standard InChI is InChI=1S/C33H52O/c1-3-5-6-8-27-13-15-29(16-14-27)30-17-19-31(20-18-30)32-21-23-33(24-22-32)34-25-28-11-9-26(7-4-2)10-12-28/h9,11,17-20,26-29,32-33H,3-8,10,12-16,21-25H2,1-2H3. The minimum atomic E-state index is 0.491. The monoisotopic (exact) mass is 464 g/mol. The van der Waals surface area contributed by atoms with E-state index in [0.717, 1.165) is 30.3 Å². The Bertz CT molecular complexity index is 703. The molecule has 0 heterocycles. The lowest BCUT2D eigenvalue weighted by Gasteiger charge is -2.31. The fourth-order valence-corrected chi connectivity index (χ4v) is 7.02. The van der Waals surface area contributed by atoms with E-state index in [1.54, 1.807) is 11.1 Å². The smallest absolute Gasteiger partial charge is 0.0575 e. The van der Waals surface area contributed by atoms with Crippen LogP contribution in [0.1, 0.15) is 140 Å². The van der Waals surface area contributed by atoms with Gasteiger partial charge in [0.05, 0.1) is 12.7 Å². The number of allylic oxidation sites excluding steroid dienone is 1. The topological polar surface area (TPSA) is 9.23 Å². The first-order valence-corrected chi connectivity index (χ1v) is 15.1. The second-order valence-corrected chi connectivity index (χ2v) is 12.0. The maximum absolute atomic E-state index is 6.39. The van der Waals surface area contributed by atoms with Crippen LogP contribution in [0.25, 0.3) is 0 Å². The molecule has 0 saturated heterocycles. The van der Waals surface area contributed by atoms with Crippen molar-refractivity contribution >= 4 is 0 Å². The van der Waals surface area contributed by atoms with Crippen molar-refractivity contribution in [2.45, 2.75) is 135 Å². The lowest BCUT2D eigenvalue weighted by atomic mass is 9.76. The molecule has 0 aromatic heterocycles. The molecule has 1 heteroatoms. The molecule has 0 amide bonds. The maximum Gasteiger partial charge on any atom is 0.0575 e. The predicted molar refractivity (Wildman–Crippen MR) is 146 cm³/mol. The van der Waals surface area contributed by atoms with Crippen molar-refractivity contribution in [1.29, 1.82) is 0 Å². The van der Waals surface area contributed by atoms with Gasteiger partial charge >= 0.3 is 0 Å². The third-order valence-corrected chi connectivity index (χ3v) is 9.39. The molecule has 1 aromatic rings. The normalized spacial score (nSPS) is 32.1. The Morgan fingerprint density at radius 3 is 1.76 bits per heavy atom. The summed E-state index contributed by atoms with van der Waals surface area (Å²) in [6.45, 7) is 5.56. The first-order chi connectivity index (χ1) is 16.7. The second-order valence-electron chi connectivity index (χ2n) is 12.0. The van der Waals surface area contributed by atoms with Gasteiger partial charge in [0, 0.05) is 5.92 Å². The Labute approximate surface area is 211 Å². The fraction of sp³-hybridized carbons (Fsp3) is 0.758. The number of ether oxygens (including phenoxy) is 1. The van der Waals surface area contributed by atoms with Crippen molar-refractivity contribution < 1.29 is 4.74 Å². The van der Waals surface area contributed by atoms with Crippen molar-refractivity contribution in [2.24, 2.45) is 17.8 Å². The minimum absolute atomic E-state index is 0.491. The molecule has 1 aromatic carbocycles. The van der Waals surface area contributed by atoms with Crippen LogP contribution in [0, 0.1) is 17.8 Å². The Morgan fingerprint density at radius 1 is 0.618 bits per heavy atom. The molecule has 2 unspecified atom stereocenters. The highest BCUT2D eigenvalue weighted by Crippen LogP contribution is 2.39. The van der Waals surface area contributed by atoms with Crippen molar-refractivity contribution in [3.63, 3.8) is 0 Å². The third-order valence-electron chi connectivity index (χ3n) is 9.39. The first-order valence-electron chi connectivity index (χ1n) is 15.1. The van der Waals surface area contributed by atoms with Crippen molar-refractivity contribution in [1.82, 2.24) is 0 Å². The van der Waals surface area contributed by atoms with Gasteiger partial charge in [0.2, 0.25) is 0 Å². The largest absolute Gasteiger partial charge is 0.378 e. The van der Waals surface area contributed by atoms with Gasteiger partial charge in [-0.05, 0) is 105 Å². The van der Waals surface area contributed by atoms with Crippen molar-refractivity contribution in [3.05, 3.63) is 47.5 Å². The Morgan fingerprint density at radius 2 is 1.21 bits per heavy atom. The van der Waals surface area contributed by atoms with Gasteiger partial charge in [-0.3, -0.25) is 0 Å². The molecule has 0 bridgehead atoms. The summed E-state index contributed by atoms with van der Waals surface area (Å²) in [7, 11) is 0. The van der Waals surface area contributed by atoms with Crippen LogP contribution >= 0.6 is 0 Å². The van der Waals surface area contributed by atoms with E-state index < -0.39 is 0 Å². The molecule has 0 spiro atoms. The van der Waals surface area contributed by atoms with Gasteiger partial charge in [-0.15, -0.1) is 0 Å². The summed E-state index contributed by atoms with van der Waals surface area (Å²) in [6, 6.07) is 9.88. The zero-order valence-corrected chi connectivity index (χ0v) is 22.4. The van der Waals surface area contributed by atoms with Crippen LogP contribution < -0.4 is 0 Å². The van der Waals surface area contributed by atoms with Crippen LogP contribution in [0.15, 0.2) is 36.4 Å². The van der Waals surface area contributed by atoms with Gasteiger partial charge in [-0.2, -0.15) is 0 Å². The zero-order valence-electron chi connectivity index (χ0n) is 22.4. The molecule has 2 atom stereocenters. The number of benzene rings is 1. The molecule has 0 radical (unpaired) electrons. The van der Waals surface area contributed by atoms with Crippen LogP contribution in [0.3, 0.4) is 0 Å². The zero-order chi connectivity index (χ0) is 23.6. The number of unbranched alkanes of at least 4 members (excludes halogenated alkanes) is 2. The minimum Gasteiger partial charge on any atom is -0.378 e. The molecule has 3 aliphatic rings. The van der Waals surface area contributed by atoms with Crippen LogP contribution in [0.2, 0.25) is 0 Å². The van der Waals surface area contributed by atoms with E-state index in [1.165, 1.54) is 103 Å². The maximum atomic E-state index is 6.39. The predicted octanol–water partition coefficient (Wildman–Crippen LogP) is 9.97. The summed E-state index contributed by atoms with van der Waals surface area (Å²) in [5, 5.41) is 0. The van der Waals surface area contributed by atoms with Crippen LogP contribution in [-0.4, -0.2) is 12.7 Å². The molecule has 2 saturated carbocycles. The fourth-order valence-electron chi connectivity index (χ4n) is 7.02. The third kappa shape index (κ3) is 7.71. The van der Waals surface area contributed by atoms with E-state index >= 15 is 0 Å². The summed E-state index contributed by atoms with van der Waals surface area (Å²) < 4.78 is 6.39. The molecule has 0 N–H and O–H groups in total. The average molecular weight is 465 g/mol. The molecular weight excluding hydrogens is 412 g/mol. The lowest BCUT2D eigenvalue weighted by molar-refractivity contribution is 0.00924. The first kappa shape index (κ1) is 26.0. The van der Waals surface area contributed by atoms with Gasteiger partial charge in [0.25, 0.3) is 0 Å². The van der Waals surface area contributed by atoms with Crippen LogP contribution in [-0.2, 0) is 4.74 Å². The average Bonchev–Trinajstić information content (AvgIpc) is 2.89. The molecule has 190 valence electrons. The molecular formula is C33H52O. The Hall–Kier alpha value is -1.08. The van der Waals surface area contributed by atoms with E-state index in [0.29, 0.717) is 12.0 Å². The number of hydrogen-bond acceptors (Lipinski definition) is 1. The highest BCUT2D eigenvalue weighted by molar-refractivity contribution is 5.28. The summed E-state index contributed by atoms with van der Waals surface area (Å²) in [4.78, 5) is 0. The van der Waals surface area contributed by atoms with Gasteiger partial charge in [0.15, 0.2) is 0 Å². The van der Waals surface area contributed by atoms with Crippen LogP contribution in [0.5, 0.6) is 0 Å². The van der Waals surface area contributed by atoms with Crippen molar-refractivity contribution in [3.8, 4) is 0 Å². The highest BCUT2D eigenvalue weighted by atomic mass is 16.5. The van der Waals surface area contributed by atoms with Crippen molar-refractivity contribution in [2.75, 3.05) is 6.61 Å². The summed E-state index contributed by atoms with van der Waals surface area (Å²) in [5.74, 6) is 4.05. The molecule has 2 fully saturated rings. The summed E-state index contributed by atoms with van der Waals surface area (Å²) in [6.07, 6.45) is 27.3. The number of rotatable bonds is 11. The van der Waals surface area contributed by atoms with E-state index in [9.17, 15) is 0 Å². The number of hydrogen-bond donors (Lipinski definition) is 0. The van der Waals surface area contributed by atoms with Gasteiger partial charge in [-0.1, -0.05) is 82.4 Å². The quantitative estimate of drug-likeness (QED) is 0.234. The lowest BCUT2D eigenvalue weighted by Crippen LogP contribution is -2.24. The SMILES string of the molecule is CCCCCC1CCC(c2ccc(C3CCC(OCC4C=CC(CCC)CC4)CC3)cc2)CC1. The van der Waals surface area contributed by atoms with Gasteiger partial charge in [0.1, 0.15) is 0 Å². The van der Waals surface area contributed by atoms with E-state index in [2.05, 4.69) is 50.3 Å². The van der Waals surface area contributed by atoms with Gasteiger partial charge in [-0.25, -0.2) is 0 Å². The molecule has 34 heavy (non-hydrogen) atoms. The molecule has 4 rings (SSSR count). The van der Waals surface area contributed by atoms with E-state index in [-0.39, 0.29) is 0 Å². The van der Waals surface area contributed by atoms with Gasteiger partial charge < -0.3 is 4.74 Å². The summed E-state index contributed by atoms with van der Waals surface area (Å²) in [5.41, 5.74) is 3.18. The Kier molecular flexibility index (Phi) is 10.6. The highest BCUT2D eigenvalue weighted by Gasteiger charge is 2.25.